The summed E-state index contributed by atoms with van der Waals surface area (Å²) in [5, 5.41) is 14.5. The fraction of sp³-hybridized carbons (Fsp3) is 0.0625. The summed E-state index contributed by atoms with van der Waals surface area (Å²) in [6.45, 7) is -0.156. The van der Waals surface area contributed by atoms with Gasteiger partial charge in [-0.1, -0.05) is 23.7 Å². The zero-order valence-corrected chi connectivity index (χ0v) is 11.8. The fourth-order valence-electron chi connectivity index (χ4n) is 2.14. The van der Waals surface area contributed by atoms with Crippen molar-refractivity contribution in [3.63, 3.8) is 0 Å². The lowest BCUT2D eigenvalue weighted by Crippen LogP contribution is -1.95. The average Bonchev–Trinajstić information content (AvgIpc) is 2.92. The Morgan fingerprint density at radius 3 is 2.48 bits per heavy atom. The summed E-state index contributed by atoms with van der Waals surface area (Å²) in [5.74, 6) is -0.310. The van der Waals surface area contributed by atoms with Gasteiger partial charge in [0.1, 0.15) is 5.82 Å². The molecule has 5 heteroatoms. The van der Waals surface area contributed by atoms with Gasteiger partial charge in [-0.2, -0.15) is 5.10 Å². The Labute approximate surface area is 126 Å². The van der Waals surface area contributed by atoms with Gasteiger partial charge < -0.3 is 5.11 Å². The van der Waals surface area contributed by atoms with Crippen molar-refractivity contribution in [1.29, 1.82) is 0 Å². The molecule has 0 aliphatic rings. The van der Waals surface area contributed by atoms with Crippen LogP contribution in [0.4, 0.5) is 4.39 Å². The Balaban J connectivity index is 2.11. The third-order valence-corrected chi connectivity index (χ3v) is 3.50. The minimum absolute atomic E-state index is 0.156. The lowest BCUT2D eigenvalue weighted by atomic mass is 10.1. The maximum Gasteiger partial charge on any atom is 0.123 e. The number of benzene rings is 2. The summed E-state index contributed by atoms with van der Waals surface area (Å²) >= 11 is 6.16. The highest BCUT2D eigenvalue weighted by molar-refractivity contribution is 6.32. The van der Waals surface area contributed by atoms with Gasteiger partial charge in [-0.25, -0.2) is 9.07 Å². The van der Waals surface area contributed by atoms with Crippen LogP contribution in [-0.2, 0) is 6.61 Å². The van der Waals surface area contributed by atoms with Gasteiger partial charge in [0.15, 0.2) is 0 Å². The van der Waals surface area contributed by atoms with Crippen molar-refractivity contribution < 1.29 is 9.50 Å². The molecule has 0 radical (unpaired) electrons. The predicted octanol–water partition coefficient (Wildman–Crippen LogP) is 3.82. The van der Waals surface area contributed by atoms with Crippen LogP contribution in [0.2, 0.25) is 5.02 Å². The largest absolute Gasteiger partial charge is 0.392 e. The van der Waals surface area contributed by atoms with Crippen LogP contribution in [0.1, 0.15) is 5.56 Å². The number of halogens is 2. The Hall–Kier alpha value is -2.17. The zero-order valence-electron chi connectivity index (χ0n) is 11.0. The molecule has 1 heterocycles. The topological polar surface area (TPSA) is 38.0 Å². The number of aliphatic hydroxyl groups excluding tert-OH is 1. The normalized spacial score (nSPS) is 10.8. The van der Waals surface area contributed by atoms with E-state index in [9.17, 15) is 9.50 Å². The number of nitrogens with zero attached hydrogens (tertiary/aromatic N) is 2. The van der Waals surface area contributed by atoms with Crippen LogP contribution in [0.15, 0.2) is 54.7 Å². The third-order valence-electron chi connectivity index (χ3n) is 3.18. The molecule has 3 aromatic rings. The van der Waals surface area contributed by atoms with E-state index in [2.05, 4.69) is 5.10 Å². The molecule has 0 fully saturated rings. The van der Waals surface area contributed by atoms with Crippen LogP contribution in [0, 0.1) is 5.82 Å². The Kier molecular flexibility index (Phi) is 3.73. The highest BCUT2D eigenvalue weighted by Crippen LogP contribution is 2.26. The van der Waals surface area contributed by atoms with E-state index in [4.69, 9.17) is 11.6 Å². The van der Waals surface area contributed by atoms with E-state index < -0.39 is 0 Å². The quantitative estimate of drug-likeness (QED) is 0.798. The van der Waals surface area contributed by atoms with Crippen molar-refractivity contribution in [1.82, 2.24) is 9.78 Å². The SMILES string of the molecule is OCc1cn(-c2ccccc2Cl)nc1-c1ccc(F)cc1. The van der Waals surface area contributed by atoms with Crippen LogP contribution < -0.4 is 0 Å². The monoisotopic (exact) mass is 302 g/mol. The van der Waals surface area contributed by atoms with E-state index in [0.717, 1.165) is 11.3 Å². The smallest absolute Gasteiger partial charge is 0.123 e. The van der Waals surface area contributed by atoms with Crippen molar-refractivity contribution >= 4 is 11.6 Å². The minimum Gasteiger partial charge on any atom is -0.392 e. The highest BCUT2D eigenvalue weighted by atomic mass is 35.5. The molecule has 0 saturated carbocycles. The van der Waals surface area contributed by atoms with Gasteiger partial charge in [0, 0.05) is 17.3 Å². The van der Waals surface area contributed by atoms with Crippen molar-refractivity contribution in [3.05, 3.63) is 71.1 Å². The highest BCUT2D eigenvalue weighted by Gasteiger charge is 2.13. The van der Waals surface area contributed by atoms with E-state index in [1.54, 1.807) is 29.1 Å². The van der Waals surface area contributed by atoms with E-state index in [1.165, 1.54) is 12.1 Å². The number of para-hydroxylation sites is 1. The van der Waals surface area contributed by atoms with Crippen molar-refractivity contribution in [3.8, 4) is 16.9 Å². The lowest BCUT2D eigenvalue weighted by Gasteiger charge is -2.03. The number of aromatic nitrogens is 2. The molecule has 3 rings (SSSR count). The van der Waals surface area contributed by atoms with Crippen LogP contribution >= 0.6 is 11.6 Å². The second-order valence-electron chi connectivity index (χ2n) is 4.56. The lowest BCUT2D eigenvalue weighted by molar-refractivity contribution is 0.282. The molecule has 1 N–H and O–H groups in total. The first-order chi connectivity index (χ1) is 10.2. The van der Waals surface area contributed by atoms with E-state index in [-0.39, 0.29) is 12.4 Å². The summed E-state index contributed by atoms with van der Waals surface area (Å²) in [7, 11) is 0. The molecular formula is C16H12ClFN2O. The molecule has 0 amide bonds. The second-order valence-corrected chi connectivity index (χ2v) is 4.97. The van der Waals surface area contributed by atoms with Crippen LogP contribution in [-0.4, -0.2) is 14.9 Å². The maximum absolute atomic E-state index is 13.0. The predicted molar refractivity (Wildman–Crippen MR) is 79.9 cm³/mol. The van der Waals surface area contributed by atoms with Gasteiger partial charge in [0.05, 0.1) is 23.0 Å². The second kappa shape index (κ2) is 5.68. The molecule has 0 atom stereocenters. The Morgan fingerprint density at radius 1 is 1.10 bits per heavy atom. The molecule has 1 aromatic heterocycles. The number of rotatable bonds is 3. The molecule has 2 aromatic carbocycles. The Morgan fingerprint density at radius 2 is 1.81 bits per heavy atom. The van der Waals surface area contributed by atoms with Gasteiger partial charge in [-0.3, -0.25) is 0 Å². The first-order valence-electron chi connectivity index (χ1n) is 6.39. The van der Waals surface area contributed by atoms with Crippen molar-refractivity contribution in [2.75, 3.05) is 0 Å². The van der Waals surface area contributed by atoms with Gasteiger partial charge in [-0.15, -0.1) is 0 Å². The Bertz CT molecular complexity index is 768. The first-order valence-corrected chi connectivity index (χ1v) is 6.77. The van der Waals surface area contributed by atoms with Crippen LogP contribution in [0.3, 0.4) is 0 Å². The van der Waals surface area contributed by atoms with Gasteiger partial charge in [0.2, 0.25) is 0 Å². The molecule has 0 bridgehead atoms. The molecule has 106 valence electrons. The summed E-state index contributed by atoms with van der Waals surface area (Å²) in [4.78, 5) is 0. The summed E-state index contributed by atoms with van der Waals surface area (Å²) in [6.07, 6.45) is 1.72. The van der Waals surface area contributed by atoms with Gasteiger partial charge in [-0.05, 0) is 36.4 Å². The number of aliphatic hydroxyl groups is 1. The fourth-order valence-corrected chi connectivity index (χ4v) is 2.36. The van der Waals surface area contributed by atoms with Gasteiger partial charge >= 0.3 is 0 Å². The number of hydrogen-bond acceptors (Lipinski definition) is 2. The molecule has 21 heavy (non-hydrogen) atoms. The van der Waals surface area contributed by atoms with E-state index in [1.807, 2.05) is 18.2 Å². The number of hydrogen-bond donors (Lipinski definition) is 1. The molecular weight excluding hydrogens is 291 g/mol. The average molecular weight is 303 g/mol. The van der Waals surface area contributed by atoms with Crippen LogP contribution in [0.5, 0.6) is 0 Å². The van der Waals surface area contributed by atoms with E-state index >= 15 is 0 Å². The van der Waals surface area contributed by atoms with Crippen molar-refractivity contribution in [2.45, 2.75) is 6.61 Å². The minimum atomic E-state index is -0.310. The standard InChI is InChI=1S/C16H12ClFN2O/c17-14-3-1-2-4-15(14)20-9-12(10-21)16(19-20)11-5-7-13(18)8-6-11/h1-9,21H,10H2. The zero-order chi connectivity index (χ0) is 14.8. The molecule has 0 aliphatic heterocycles. The summed E-state index contributed by atoms with van der Waals surface area (Å²) in [6, 6.07) is 13.3. The molecule has 0 aliphatic carbocycles. The summed E-state index contributed by atoms with van der Waals surface area (Å²) in [5.41, 5.74) is 2.73. The summed E-state index contributed by atoms with van der Waals surface area (Å²) < 4.78 is 14.6. The third kappa shape index (κ3) is 2.68. The first kappa shape index (κ1) is 13.8. The molecule has 0 saturated heterocycles. The molecule has 0 spiro atoms. The van der Waals surface area contributed by atoms with E-state index in [0.29, 0.717) is 16.3 Å². The molecule has 0 unspecified atom stereocenters. The molecule has 3 nitrogen and oxygen atoms in total. The van der Waals surface area contributed by atoms with Crippen LogP contribution in [0.25, 0.3) is 16.9 Å². The maximum atomic E-state index is 13.0. The van der Waals surface area contributed by atoms with Crippen molar-refractivity contribution in [2.24, 2.45) is 0 Å². The van der Waals surface area contributed by atoms with Gasteiger partial charge in [0.25, 0.3) is 0 Å².